The summed E-state index contributed by atoms with van der Waals surface area (Å²) in [7, 11) is 3.12. The maximum absolute atomic E-state index is 12.3. The van der Waals surface area contributed by atoms with E-state index in [-0.39, 0.29) is 18.3 Å². The number of hydrogen-bond donors (Lipinski definition) is 2. The standard InChI is InChI=1S/C17H17N5O3/c1-24-13-3-4-14(25-2)12(9-13)10-15(23)19-17-20-16(21-22-17)11-5-7-18-8-6-11/h3-9H,10H2,1-2H3,(H2,19,20,21,22,23). The van der Waals surface area contributed by atoms with Crippen LogP contribution < -0.4 is 14.8 Å². The molecule has 0 aliphatic carbocycles. The van der Waals surface area contributed by atoms with Crippen LogP contribution >= 0.6 is 0 Å². The van der Waals surface area contributed by atoms with E-state index < -0.39 is 0 Å². The molecule has 0 fully saturated rings. The quantitative estimate of drug-likeness (QED) is 0.713. The molecule has 8 heteroatoms. The van der Waals surface area contributed by atoms with Gasteiger partial charge in [0.05, 0.1) is 20.6 Å². The number of H-pyrrole nitrogens is 1. The topological polar surface area (TPSA) is 102 Å². The number of anilines is 1. The van der Waals surface area contributed by atoms with Gasteiger partial charge in [0.25, 0.3) is 0 Å². The highest BCUT2D eigenvalue weighted by atomic mass is 16.5. The van der Waals surface area contributed by atoms with E-state index in [4.69, 9.17) is 9.47 Å². The van der Waals surface area contributed by atoms with Crippen molar-refractivity contribution < 1.29 is 14.3 Å². The number of ether oxygens (including phenoxy) is 2. The number of amides is 1. The summed E-state index contributed by atoms with van der Waals surface area (Å²) in [6.45, 7) is 0. The van der Waals surface area contributed by atoms with E-state index in [0.717, 1.165) is 5.56 Å². The first-order valence-electron chi connectivity index (χ1n) is 7.53. The minimum Gasteiger partial charge on any atom is -0.497 e. The molecule has 0 aliphatic heterocycles. The highest BCUT2D eigenvalue weighted by molar-refractivity contribution is 5.91. The van der Waals surface area contributed by atoms with Gasteiger partial charge in [-0.15, -0.1) is 5.10 Å². The molecule has 0 saturated carbocycles. The number of nitrogens with zero attached hydrogens (tertiary/aromatic N) is 3. The Morgan fingerprint density at radius 2 is 1.96 bits per heavy atom. The van der Waals surface area contributed by atoms with Crippen LogP contribution in [0.25, 0.3) is 11.4 Å². The van der Waals surface area contributed by atoms with Crippen molar-refractivity contribution in [1.29, 1.82) is 0 Å². The fourth-order valence-corrected chi connectivity index (χ4v) is 2.32. The summed E-state index contributed by atoms with van der Waals surface area (Å²) in [6.07, 6.45) is 3.43. The highest BCUT2D eigenvalue weighted by Gasteiger charge is 2.13. The van der Waals surface area contributed by atoms with Crippen LogP contribution in [0.2, 0.25) is 0 Å². The van der Waals surface area contributed by atoms with Crippen LogP contribution in [-0.2, 0) is 11.2 Å². The van der Waals surface area contributed by atoms with Crippen molar-refractivity contribution in [2.75, 3.05) is 19.5 Å². The Labute approximate surface area is 144 Å². The van der Waals surface area contributed by atoms with Crippen LogP contribution in [0.4, 0.5) is 5.95 Å². The van der Waals surface area contributed by atoms with E-state index >= 15 is 0 Å². The molecule has 0 bridgehead atoms. The molecule has 1 amide bonds. The van der Waals surface area contributed by atoms with Gasteiger partial charge in [-0.1, -0.05) is 0 Å². The van der Waals surface area contributed by atoms with Gasteiger partial charge in [0.1, 0.15) is 11.5 Å². The smallest absolute Gasteiger partial charge is 0.249 e. The van der Waals surface area contributed by atoms with E-state index in [9.17, 15) is 4.79 Å². The Bertz CT molecular complexity index is 864. The Kier molecular flexibility index (Phi) is 4.89. The van der Waals surface area contributed by atoms with Gasteiger partial charge in [-0.3, -0.25) is 20.2 Å². The van der Waals surface area contributed by atoms with Gasteiger partial charge in [0.15, 0.2) is 5.82 Å². The van der Waals surface area contributed by atoms with Crippen molar-refractivity contribution in [3.05, 3.63) is 48.3 Å². The van der Waals surface area contributed by atoms with E-state index in [1.807, 2.05) is 0 Å². The average molecular weight is 339 g/mol. The largest absolute Gasteiger partial charge is 0.497 e. The Balaban J connectivity index is 1.70. The van der Waals surface area contributed by atoms with E-state index in [1.54, 1.807) is 56.9 Å². The lowest BCUT2D eigenvalue weighted by atomic mass is 10.1. The van der Waals surface area contributed by atoms with Crippen LogP contribution in [-0.4, -0.2) is 40.3 Å². The summed E-state index contributed by atoms with van der Waals surface area (Å²) in [5.41, 5.74) is 1.54. The Hall–Kier alpha value is -3.42. The van der Waals surface area contributed by atoms with Crippen molar-refractivity contribution in [3.8, 4) is 22.9 Å². The van der Waals surface area contributed by atoms with Crippen LogP contribution in [0, 0.1) is 0 Å². The first-order valence-corrected chi connectivity index (χ1v) is 7.53. The summed E-state index contributed by atoms with van der Waals surface area (Å²) < 4.78 is 10.5. The number of carbonyl (C=O) groups is 1. The van der Waals surface area contributed by atoms with Gasteiger partial charge in [0.2, 0.25) is 11.9 Å². The van der Waals surface area contributed by atoms with Crippen molar-refractivity contribution in [3.63, 3.8) is 0 Å². The second-order valence-corrected chi connectivity index (χ2v) is 5.15. The summed E-state index contributed by atoms with van der Waals surface area (Å²) in [5, 5.41) is 9.45. The molecule has 2 aromatic heterocycles. The van der Waals surface area contributed by atoms with Gasteiger partial charge < -0.3 is 9.47 Å². The lowest BCUT2D eigenvalue weighted by Gasteiger charge is -2.09. The zero-order valence-corrected chi connectivity index (χ0v) is 13.8. The number of aromatic nitrogens is 4. The molecule has 1 aromatic carbocycles. The molecule has 0 radical (unpaired) electrons. The number of pyridine rings is 1. The number of carbonyl (C=O) groups excluding carboxylic acids is 1. The number of nitrogens with one attached hydrogen (secondary N) is 2. The summed E-state index contributed by atoms with van der Waals surface area (Å²) in [4.78, 5) is 20.5. The first-order chi connectivity index (χ1) is 12.2. The molecular weight excluding hydrogens is 322 g/mol. The molecule has 3 rings (SSSR count). The predicted octanol–water partition coefficient (Wildman–Crippen LogP) is 2.07. The summed E-state index contributed by atoms with van der Waals surface area (Å²) >= 11 is 0. The van der Waals surface area contributed by atoms with E-state index in [2.05, 4.69) is 25.5 Å². The van der Waals surface area contributed by atoms with Crippen LogP contribution in [0.5, 0.6) is 11.5 Å². The highest BCUT2D eigenvalue weighted by Crippen LogP contribution is 2.24. The molecule has 25 heavy (non-hydrogen) atoms. The summed E-state index contributed by atoms with van der Waals surface area (Å²) in [5.74, 6) is 1.77. The molecule has 0 unspecified atom stereocenters. The minimum absolute atomic E-state index is 0.111. The third-order valence-electron chi connectivity index (χ3n) is 3.53. The number of aromatic amines is 1. The zero-order chi connectivity index (χ0) is 17.6. The summed E-state index contributed by atoms with van der Waals surface area (Å²) in [6, 6.07) is 8.89. The Morgan fingerprint density at radius 3 is 2.68 bits per heavy atom. The second kappa shape index (κ2) is 7.43. The van der Waals surface area contributed by atoms with E-state index in [1.165, 1.54) is 0 Å². The van der Waals surface area contributed by atoms with Crippen LogP contribution in [0.1, 0.15) is 5.56 Å². The molecule has 3 aromatic rings. The Morgan fingerprint density at radius 1 is 1.16 bits per heavy atom. The van der Waals surface area contributed by atoms with Gasteiger partial charge in [0, 0.05) is 23.5 Å². The van der Waals surface area contributed by atoms with Gasteiger partial charge in [-0.25, -0.2) is 0 Å². The van der Waals surface area contributed by atoms with Gasteiger partial charge in [-0.05, 0) is 30.3 Å². The molecule has 0 spiro atoms. The monoisotopic (exact) mass is 339 g/mol. The fourth-order valence-electron chi connectivity index (χ4n) is 2.32. The maximum Gasteiger partial charge on any atom is 0.249 e. The zero-order valence-electron chi connectivity index (χ0n) is 13.8. The van der Waals surface area contributed by atoms with Crippen molar-refractivity contribution >= 4 is 11.9 Å². The molecule has 0 saturated heterocycles. The molecule has 2 N–H and O–H groups in total. The van der Waals surface area contributed by atoms with Gasteiger partial charge in [-0.2, -0.15) is 4.98 Å². The number of methoxy groups -OCH3 is 2. The first kappa shape index (κ1) is 16.4. The molecular formula is C17H17N5O3. The second-order valence-electron chi connectivity index (χ2n) is 5.15. The fraction of sp³-hybridized carbons (Fsp3) is 0.176. The molecule has 0 aliphatic rings. The van der Waals surface area contributed by atoms with Crippen molar-refractivity contribution in [2.45, 2.75) is 6.42 Å². The predicted molar refractivity (Wildman–Crippen MR) is 91.5 cm³/mol. The van der Waals surface area contributed by atoms with Gasteiger partial charge >= 0.3 is 0 Å². The third-order valence-corrected chi connectivity index (χ3v) is 3.53. The van der Waals surface area contributed by atoms with Crippen LogP contribution in [0.15, 0.2) is 42.7 Å². The lowest BCUT2D eigenvalue weighted by molar-refractivity contribution is -0.115. The number of rotatable bonds is 6. The lowest BCUT2D eigenvalue weighted by Crippen LogP contribution is -2.16. The van der Waals surface area contributed by atoms with Crippen LogP contribution in [0.3, 0.4) is 0 Å². The minimum atomic E-state index is -0.258. The third kappa shape index (κ3) is 3.92. The van der Waals surface area contributed by atoms with Crippen molar-refractivity contribution in [2.24, 2.45) is 0 Å². The maximum atomic E-state index is 12.3. The number of hydrogen-bond acceptors (Lipinski definition) is 6. The molecule has 2 heterocycles. The molecule has 8 nitrogen and oxygen atoms in total. The molecule has 128 valence electrons. The van der Waals surface area contributed by atoms with E-state index in [0.29, 0.717) is 22.9 Å². The normalized spacial score (nSPS) is 10.3. The number of benzene rings is 1. The SMILES string of the molecule is COc1ccc(OC)c(CC(=O)Nc2n[nH]c(-c3ccncc3)n2)c1. The molecule has 0 atom stereocenters. The van der Waals surface area contributed by atoms with Crippen molar-refractivity contribution in [1.82, 2.24) is 20.2 Å². The average Bonchev–Trinajstić information content (AvgIpc) is 3.10.